The van der Waals surface area contributed by atoms with Crippen LogP contribution in [0.4, 0.5) is 57.3 Å². The number of benzene rings is 10. The highest BCUT2D eigenvalue weighted by atomic mass is 35.5. The first-order valence-electron chi connectivity index (χ1n) is 35.4. The van der Waals surface area contributed by atoms with Gasteiger partial charge >= 0.3 is 0 Å². The summed E-state index contributed by atoms with van der Waals surface area (Å²) in [7, 11) is 0. The minimum atomic E-state index is -0.788. The van der Waals surface area contributed by atoms with Gasteiger partial charge in [-0.15, -0.1) is 0 Å². The van der Waals surface area contributed by atoms with Crippen molar-refractivity contribution in [3.05, 3.63) is 298 Å². The van der Waals surface area contributed by atoms with Crippen molar-refractivity contribution < 1.29 is 47.9 Å². The molecule has 14 aromatic rings. The first-order chi connectivity index (χ1) is 55.2. The van der Waals surface area contributed by atoms with E-state index in [0.29, 0.717) is 117 Å². The summed E-state index contributed by atoms with van der Waals surface area (Å²) in [5.41, 5.74) is 36.7. The number of carbonyl (C=O) groups is 10. The van der Waals surface area contributed by atoms with E-state index < -0.39 is 59.1 Å². The summed E-state index contributed by atoms with van der Waals surface area (Å²) in [6.45, 7) is 12.0. The van der Waals surface area contributed by atoms with Crippen LogP contribution in [0.2, 0.25) is 5.15 Å². The number of carbonyl (C=O) groups excluding carboxylic acids is 10. The van der Waals surface area contributed by atoms with Crippen molar-refractivity contribution in [3.8, 4) is 0 Å². The Morgan fingerprint density at radius 2 is 0.509 bits per heavy atom. The number of halogens is 1. The molecule has 29 nitrogen and oxygen atoms in total. The molecule has 0 aliphatic carbocycles. The summed E-state index contributed by atoms with van der Waals surface area (Å²) in [5, 5.41) is 9.00. The Balaban J connectivity index is 0.000000148. The van der Waals surface area contributed by atoms with Crippen molar-refractivity contribution in [2.24, 2.45) is 22.9 Å². The predicted molar refractivity (Wildman–Crippen MR) is 438 cm³/mol. The molecule has 10 aromatic carbocycles. The zero-order valence-electron chi connectivity index (χ0n) is 61.8. The van der Waals surface area contributed by atoms with Gasteiger partial charge < -0.3 is 44.6 Å². The lowest BCUT2D eigenvalue weighted by atomic mass is 10.1. The van der Waals surface area contributed by atoms with E-state index in [0.717, 1.165) is 20.4 Å². The van der Waals surface area contributed by atoms with Crippen LogP contribution in [0.3, 0.4) is 0 Å². The normalized spacial score (nSPS) is 12.0. The molecule has 0 radical (unpaired) electrons. The van der Waals surface area contributed by atoms with Crippen molar-refractivity contribution in [3.63, 3.8) is 0 Å². The Morgan fingerprint density at radius 3 is 0.772 bits per heavy atom. The van der Waals surface area contributed by atoms with Gasteiger partial charge in [-0.05, 0) is 146 Å². The molecule has 0 spiro atoms. The number of nitrogen functional groups attached to an aromatic ring is 1. The lowest BCUT2D eigenvalue weighted by Gasteiger charge is -2.15. The molecule has 13 N–H and O–H groups in total. The Kier molecular flexibility index (Phi) is 24.5. The van der Waals surface area contributed by atoms with E-state index >= 15 is 0 Å². The van der Waals surface area contributed by atoms with E-state index in [1.54, 1.807) is 140 Å². The molecule has 0 unspecified atom stereocenters. The van der Waals surface area contributed by atoms with E-state index in [9.17, 15) is 47.9 Å². The van der Waals surface area contributed by atoms with Gasteiger partial charge in [0.2, 0.25) is 0 Å². The molecular formula is C84H70ClN19O10. The van der Waals surface area contributed by atoms with E-state index in [1.807, 2.05) is 133 Å². The number of nitrogens with two attached hydrogens (primary N) is 5. The topological polar surface area (TPSA) is 450 Å². The van der Waals surface area contributed by atoms with E-state index in [1.165, 1.54) is 6.07 Å². The predicted octanol–water partition coefficient (Wildman–Crippen LogP) is 13.9. The molecule has 3 aliphatic heterocycles. The summed E-state index contributed by atoms with van der Waals surface area (Å²) in [4.78, 5) is 161. The van der Waals surface area contributed by atoms with Gasteiger partial charge in [0.05, 0.1) is 94.6 Å². The number of primary amides is 4. The number of rotatable bonds is 13. The van der Waals surface area contributed by atoms with Gasteiger partial charge in [-0.1, -0.05) is 144 Å². The summed E-state index contributed by atoms with van der Waals surface area (Å²) in [6.07, 6.45) is 0. The number of fused-ring (bicyclic) bond motifs is 7. The number of aromatic nitrogens is 8. The Labute approximate surface area is 655 Å². The summed E-state index contributed by atoms with van der Waals surface area (Å²) in [6, 6.07) is 66.9. The molecule has 10 amide bonds. The Morgan fingerprint density at radius 1 is 0.281 bits per heavy atom. The van der Waals surface area contributed by atoms with E-state index in [4.69, 9.17) is 40.3 Å². The van der Waals surface area contributed by atoms with E-state index in [2.05, 4.69) is 55.8 Å². The minimum absolute atomic E-state index is 0.00941. The molecule has 0 bridgehead atoms. The Bertz CT molecular complexity index is 5840. The number of hydrogen-bond acceptors (Lipinski definition) is 22. The SMILES string of the molecule is CC.CC.CC.NC(=O)c1nc2ccc(N)cc2nc1Nc1ccccc1.NC(=O)c1nc2ccc(N3C(=O)c4ccccc4C3=O)cc2nc1Cl.NC(=O)c1nc2ccc(N3C(=O)c4ccccc4C3=O)cc2nc1Nc1ccccc1.NC(=O)c1nc2ccc(N3C(=O)c4ccccc4C3=O)cc2nc1Nc1ccccc1. The van der Waals surface area contributed by atoms with Crippen molar-refractivity contribution in [2.45, 2.75) is 41.5 Å². The van der Waals surface area contributed by atoms with Gasteiger partial charge in [-0.3, -0.25) is 47.9 Å². The maximum atomic E-state index is 12.8. The number of para-hydroxylation sites is 3. The zero-order valence-corrected chi connectivity index (χ0v) is 62.5. The third-order valence-corrected chi connectivity index (χ3v) is 17.1. The fraction of sp³-hybridized carbons (Fsp3) is 0.0714. The maximum Gasteiger partial charge on any atom is 0.271 e. The van der Waals surface area contributed by atoms with Gasteiger partial charge in [0.25, 0.3) is 59.1 Å². The van der Waals surface area contributed by atoms with Crippen LogP contribution in [0.5, 0.6) is 0 Å². The van der Waals surface area contributed by atoms with Crippen LogP contribution in [0.1, 0.15) is 146 Å². The average molecular weight is 1540 g/mol. The van der Waals surface area contributed by atoms with Gasteiger partial charge in [0.15, 0.2) is 45.4 Å². The first kappa shape index (κ1) is 79.4. The summed E-state index contributed by atoms with van der Waals surface area (Å²) >= 11 is 5.92. The molecule has 114 heavy (non-hydrogen) atoms. The molecule has 3 aliphatic rings. The number of nitrogens with one attached hydrogen (secondary N) is 3. The second-order valence-corrected chi connectivity index (χ2v) is 24.2. The van der Waals surface area contributed by atoms with Gasteiger partial charge in [-0.25, -0.2) is 54.6 Å². The van der Waals surface area contributed by atoms with Crippen molar-refractivity contribution in [1.82, 2.24) is 39.9 Å². The van der Waals surface area contributed by atoms with Crippen LogP contribution in [0, 0.1) is 0 Å². The molecule has 568 valence electrons. The monoisotopic (exact) mass is 1540 g/mol. The number of imide groups is 3. The molecule has 7 heterocycles. The first-order valence-corrected chi connectivity index (χ1v) is 35.8. The molecule has 0 atom stereocenters. The highest BCUT2D eigenvalue weighted by Gasteiger charge is 2.39. The fourth-order valence-corrected chi connectivity index (χ4v) is 12.0. The number of anilines is 10. The third kappa shape index (κ3) is 16.7. The summed E-state index contributed by atoms with van der Waals surface area (Å²) in [5.74, 6) is -4.61. The largest absolute Gasteiger partial charge is 0.399 e. The fourth-order valence-electron chi connectivity index (χ4n) is 11.8. The van der Waals surface area contributed by atoms with Crippen LogP contribution in [0.25, 0.3) is 44.1 Å². The van der Waals surface area contributed by atoms with Crippen molar-refractivity contribution in [1.29, 1.82) is 0 Å². The highest BCUT2D eigenvalue weighted by molar-refractivity contribution is 6.37. The van der Waals surface area contributed by atoms with Crippen molar-refractivity contribution in [2.75, 3.05) is 36.4 Å². The number of hydrogen-bond donors (Lipinski definition) is 8. The molecule has 0 saturated carbocycles. The average Bonchev–Trinajstić information content (AvgIpc) is 1.59. The zero-order chi connectivity index (χ0) is 81.6. The second kappa shape index (κ2) is 35.1. The van der Waals surface area contributed by atoms with Gasteiger partial charge in [-0.2, -0.15) is 0 Å². The van der Waals surface area contributed by atoms with E-state index in [-0.39, 0.29) is 39.6 Å². The van der Waals surface area contributed by atoms with Gasteiger partial charge in [0, 0.05) is 22.7 Å². The lowest BCUT2D eigenvalue weighted by Crippen LogP contribution is -2.29. The standard InChI is InChI=1S/2C23H15N5O3.C17H9ClN4O3.C15H13N5O.3C2H6/c2*24-20(29)19-21(25-13-6-2-1-3-7-13)27-18-12-14(10-11-17(18)26-19)28-22(30)15-8-4-5-9-16(15)23(28)31;18-14-13(15(19)23)20-11-6-5-8(7-12(11)21-14)22-16(24)9-3-1-2-4-10(9)17(22)25;16-9-6-7-11-12(8-9)20-15(13(19-11)14(17)21)18-10-4-2-1-3-5-10;3*1-2/h2*1-12H,(H2,24,29)(H,25,27);1-7H,(H2,19,23);1-8H,16H2,(H2,17,21)(H,18,20);3*1-2H3. The molecule has 4 aromatic heterocycles. The molecule has 30 heteroatoms. The molecule has 17 rings (SSSR count). The minimum Gasteiger partial charge on any atom is -0.399 e. The molecule has 0 saturated heterocycles. The molecular weight excluding hydrogens is 1470 g/mol. The Hall–Kier alpha value is -15.7. The van der Waals surface area contributed by atoms with Crippen LogP contribution >= 0.6 is 11.6 Å². The van der Waals surface area contributed by atoms with Crippen LogP contribution in [-0.4, -0.2) is 98.9 Å². The summed E-state index contributed by atoms with van der Waals surface area (Å²) < 4.78 is 0. The third-order valence-electron chi connectivity index (χ3n) is 16.8. The van der Waals surface area contributed by atoms with Crippen LogP contribution in [-0.2, 0) is 0 Å². The number of amides is 10. The lowest BCUT2D eigenvalue weighted by molar-refractivity contribution is 0.0910. The van der Waals surface area contributed by atoms with Crippen LogP contribution in [0.15, 0.2) is 237 Å². The quantitative estimate of drug-likeness (QED) is 0.0392. The number of nitrogens with zero attached hydrogens (tertiary/aromatic N) is 11. The highest BCUT2D eigenvalue weighted by Crippen LogP contribution is 2.35. The van der Waals surface area contributed by atoms with Crippen molar-refractivity contribution >= 4 is 172 Å². The van der Waals surface area contributed by atoms with Gasteiger partial charge in [0.1, 0.15) is 0 Å². The molecule has 0 fully saturated rings. The maximum absolute atomic E-state index is 12.8. The second-order valence-electron chi connectivity index (χ2n) is 23.8. The smallest absolute Gasteiger partial charge is 0.271 e. The van der Waals surface area contributed by atoms with Crippen LogP contribution < -0.4 is 59.3 Å².